The summed E-state index contributed by atoms with van der Waals surface area (Å²) in [6.07, 6.45) is 0.439. The number of hydrogen-bond donors (Lipinski definition) is 0. The van der Waals surface area contributed by atoms with Gasteiger partial charge in [0, 0.05) is 39.0 Å². The van der Waals surface area contributed by atoms with Crippen LogP contribution >= 0.6 is 0 Å². The highest BCUT2D eigenvalue weighted by molar-refractivity contribution is 7.92. The molecule has 0 aliphatic carbocycles. The Kier molecular flexibility index (Phi) is 4.27. The van der Waals surface area contributed by atoms with E-state index in [1.807, 2.05) is 19.1 Å². The lowest BCUT2D eigenvalue weighted by Crippen LogP contribution is -2.46. The van der Waals surface area contributed by atoms with Crippen LogP contribution in [0, 0.1) is 18.8 Å². The number of fused-ring (bicyclic) bond motifs is 1. The second kappa shape index (κ2) is 5.94. The molecule has 1 amide bonds. The van der Waals surface area contributed by atoms with Crippen LogP contribution in [0.1, 0.15) is 17.9 Å². The zero-order valence-electron chi connectivity index (χ0n) is 13.9. The van der Waals surface area contributed by atoms with E-state index < -0.39 is 15.1 Å². The SMILES string of the molecule is Cc1ccc(CN2C[C@@H]3[C@@H](C(=O)N(C)C)CCS(=O)(=O)[C@@H]3C2)o1. The number of aryl methyl sites for hydroxylation is 1. The largest absolute Gasteiger partial charge is 0.465 e. The number of nitrogens with zero attached hydrogens (tertiary/aromatic N) is 2. The van der Waals surface area contributed by atoms with Crippen molar-refractivity contribution in [3.8, 4) is 0 Å². The summed E-state index contributed by atoms with van der Waals surface area (Å²) in [7, 11) is 0.354. The van der Waals surface area contributed by atoms with Gasteiger partial charge in [-0.1, -0.05) is 0 Å². The second-order valence-corrected chi connectivity index (χ2v) is 9.24. The standard InChI is InChI=1S/C16H24N2O4S/c1-11-4-5-12(22-11)8-18-9-14-13(16(19)17(2)3)6-7-23(20,21)15(14)10-18/h4-5,13-15H,6-10H2,1-3H3/t13-,14+,15+/m0/s1. The Balaban J connectivity index is 1.79. The van der Waals surface area contributed by atoms with Gasteiger partial charge in [0.2, 0.25) is 5.91 Å². The van der Waals surface area contributed by atoms with Crippen molar-refractivity contribution >= 4 is 15.7 Å². The van der Waals surface area contributed by atoms with Gasteiger partial charge in [-0.2, -0.15) is 0 Å². The molecule has 0 N–H and O–H groups in total. The van der Waals surface area contributed by atoms with E-state index >= 15 is 0 Å². The molecule has 0 bridgehead atoms. The summed E-state index contributed by atoms with van der Waals surface area (Å²) < 4.78 is 30.5. The molecule has 3 atom stereocenters. The molecule has 0 aromatic carbocycles. The minimum Gasteiger partial charge on any atom is -0.465 e. The van der Waals surface area contributed by atoms with Crippen molar-refractivity contribution in [1.82, 2.24) is 9.80 Å². The fraction of sp³-hybridized carbons (Fsp3) is 0.688. The van der Waals surface area contributed by atoms with E-state index in [4.69, 9.17) is 4.42 Å². The van der Waals surface area contributed by atoms with Crippen LogP contribution in [-0.4, -0.2) is 62.3 Å². The van der Waals surface area contributed by atoms with Crippen LogP contribution in [0.25, 0.3) is 0 Å². The number of carbonyl (C=O) groups is 1. The molecule has 1 aromatic heterocycles. The molecule has 3 heterocycles. The molecule has 1 aromatic rings. The van der Waals surface area contributed by atoms with Crippen molar-refractivity contribution in [3.63, 3.8) is 0 Å². The number of rotatable bonds is 3. The molecule has 23 heavy (non-hydrogen) atoms. The number of sulfone groups is 1. The summed E-state index contributed by atoms with van der Waals surface area (Å²) in [4.78, 5) is 16.1. The summed E-state index contributed by atoms with van der Waals surface area (Å²) in [6, 6.07) is 3.84. The first-order chi connectivity index (χ1) is 10.8. The van der Waals surface area contributed by atoms with Gasteiger partial charge in [-0.3, -0.25) is 9.69 Å². The summed E-state index contributed by atoms with van der Waals surface area (Å²) in [5.74, 6) is 1.55. The third-order valence-electron chi connectivity index (χ3n) is 5.01. The maximum absolute atomic E-state index is 12.4. The zero-order chi connectivity index (χ0) is 16.8. The first kappa shape index (κ1) is 16.5. The van der Waals surface area contributed by atoms with Crippen molar-refractivity contribution in [2.24, 2.45) is 11.8 Å². The third-order valence-corrected chi connectivity index (χ3v) is 7.24. The molecular weight excluding hydrogens is 316 g/mol. The van der Waals surface area contributed by atoms with Gasteiger partial charge in [0.15, 0.2) is 9.84 Å². The molecule has 0 spiro atoms. The molecule has 6 nitrogen and oxygen atoms in total. The smallest absolute Gasteiger partial charge is 0.225 e. The fourth-order valence-electron chi connectivity index (χ4n) is 3.86. The lowest BCUT2D eigenvalue weighted by atomic mass is 9.87. The van der Waals surface area contributed by atoms with E-state index in [-0.39, 0.29) is 23.5 Å². The average Bonchev–Trinajstić information content (AvgIpc) is 3.06. The monoisotopic (exact) mass is 340 g/mol. The highest BCUT2D eigenvalue weighted by Gasteiger charge is 2.50. The van der Waals surface area contributed by atoms with E-state index in [1.54, 1.807) is 19.0 Å². The molecular formula is C16H24N2O4S. The first-order valence-electron chi connectivity index (χ1n) is 7.98. The molecule has 2 aliphatic heterocycles. The Morgan fingerprint density at radius 2 is 2.09 bits per heavy atom. The summed E-state index contributed by atoms with van der Waals surface area (Å²) in [5, 5.41) is -0.429. The van der Waals surface area contributed by atoms with E-state index in [0.29, 0.717) is 26.1 Å². The summed E-state index contributed by atoms with van der Waals surface area (Å²) in [6.45, 7) is 3.61. The predicted molar refractivity (Wildman–Crippen MR) is 86.6 cm³/mol. The van der Waals surface area contributed by atoms with Gasteiger partial charge in [0.25, 0.3) is 0 Å². The summed E-state index contributed by atoms with van der Waals surface area (Å²) in [5.41, 5.74) is 0. The first-order valence-corrected chi connectivity index (χ1v) is 9.70. The Morgan fingerprint density at radius 1 is 1.35 bits per heavy atom. The van der Waals surface area contributed by atoms with E-state index in [1.165, 1.54) is 0 Å². The number of amides is 1. The molecule has 7 heteroatoms. The Hall–Kier alpha value is -1.34. The van der Waals surface area contributed by atoms with Gasteiger partial charge in [-0.05, 0) is 25.5 Å². The zero-order valence-corrected chi connectivity index (χ0v) is 14.7. The van der Waals surface area contributed by atoms with Crippen molar-refractivity contribution in [3.05, 3.63) is 23.7 Å². The number of furan rings is 1. The number of carbonyl (C=O) groups excluding carboxylic acids is 1. The van der Waals surface area contributed by atoms with Crippen LogP contribution < -0.4 is 0 Å². The quantitative estimate of drug-likeness (QED) is 0.818. The van der Waals surface area contributed by atoms with Crippen LogP contribution in [0.2, 0.25) is 0 Å². The van der Waals surface area contributed by atoms with Gasteiger partial charge < -0.3 is 9.32 Å². The van der Waals surface area contributed by atoms with E-state index in [2.05, 4.69) is 4.90 Å². The van der Waals surface area contributed by atoms with Crippen molar-refractivity contribution in [2.75, 3.05) is 32.9 Å². The normalized spacial score (nSPS) is 30.1. The minimum atomic E-state index is -3.12. The molecule has 2 aliphatic rings. The second-order valence-electron chi connectivity index (χ2n) is 6.90. The van der Waals surface area contributed by atoms with Gasteiger partial charge in [0.05, 0.1) is 17.5 Å². The van der Waals surface area contributed by atoms with Crippen molar-refractivity contribution in [2.45, 2.75) is 25.1 Å². The van der Waals surface area contributed by atoms with Crippen LogP contribution in [0.5, 0.6) is 0 Å². The third kappa shape index (κ3) is 3.17. The molecule has 0 unspecified atom stereocenters. The van der Waals surface area contributed by atoms with Crippen LogP contribution in [0.15, 0.2) is 16.5 Å². The van der Waals surface area contributed by atoms with Crippen LogP contribution in [-0.2, 0) is 21.2 Å². The van der Waals surface area contributed by atoms with E-state index in [0.717, 1.165) is 11.5 Å². The lowest BCUT2D eigenvalue weighted by molar-refractivity contribution is -0.134. The Morgan fingerprint density at radius 3 is 2.70 bits per heavy atom. The maximum atomic E-state index is 12.4. The van der Waals surface area contributed by atoms with Gasteiger partial charge >= 0.3 is 0 Å². The van der Waals surface area contributed by atoms with Crippen molar-refractivity contribution < 1.29 is 17.6 Å². The van der Waals surface area contributed by atoms with Crippen LogP contribution in [0.4, 0.5) is 0 Å². The fourth-order valence-corrected chi connectivity index (χ4v) is 5.99. The van der Waals surface area contributed by atoms with Gasteiger partial charge in [0.1, 0.15) is 11.5 Å². The summed E-state index contributed by atoms with van der Waals surface area (Å²) >= 11 is 0. The van der Waals surface area contributed by atoms with Gasteiger partial charge in [-0.15, -0.1) is 0 Å². The molecule has 0 radical (unpaired) electrons. The molecule has 3 rings (SSSR count). The molecule has 128 valence electrons. The number of likely N-dealkylation sites (tertiary alicyclic amines) is 1. The average molecular weight is 340 g/mol. The topological polar surface area (TPSA) is 70.8 Å². The predicted octanol–water partition coefficient (Wildman–Crippen LogP) is 0.911. The molecule has 2 fully saturated rings. The Labute approximate surface area is 137 Å². The van der Waals surface area contributed by atoms with E-state index in [9.17, 15) is 13.2 Å². The Bertz CT molecular complexity index is 695. The maximum Gasteiger partial charge on any atom is 0.225 e. The van der Waals surface area contributed by atoms with Gasteiger partial charge in [-0.25, -0.2) is 8.42 Å². The lowest BCUT2D eigenvalue weighted by Gasteiger charge is -2.33. The molecule has 0 saturated carbocycles. The van der Waals surface area contributed by atoms with Crippen LogP contribution in [0.3, 0.4) is 0 Å². The minimum absolute atomic E-state index is 0.0468. The van der Waals surface area contributed by atoms with Crippen molar-refractivity contribution in [1.29, 1.82) is 0 Å². The highest BCUT2D eigenvalue weighted by atomic mass is 32.2. The highest BCUT2D eigenvalue weighted by Crippen LogP contribution is 2.38. The molecule has 2 saturated heterocycles. The number of hydrogen-bond acceptors (Lipinski definition) is 5.